The molecule has 4 atom stereocenters. The van der Waals surface area contributed by atoms with Gasteiger partial charge >= 0.3 is 12.2 Å². The Labute approximate surface area is 296 Å². The van der Waals surface area contributed by atoms with Gasteiger partial charge in [0.2, 0.25) is 10.0 Å². The largest absolute Gasteiger partial charge is 0.490 e. The Morgan fingerprint density at radius 1 is 1.02 bits per heavy atom. The average Bonchev–Trinajstić information content (AvgIpc) is 3.09. The monoisotopic (exact) mass is 734 g/mol. The first-order valence-corrected chi connectivity index (χ1v) is 18.1. The fourth-order valence-corrected chi connectivity index (χ4v) is 6.83. The van der Waals surface area contributed by atoms with Crippen LogP contribution in [0.3, 0.4) is 0 Å². The van der Waals surface area contributed by atoms with Crippen LogP contribution in [0.15, 0.2) is 77.7 Å². The number of rotatable bonds is 8. The van der Waals surface area contributed by atoms with Gasteiger partial charge in [-0.1, -0.05) is 25.1 Å². The van der Waals surface area contributed by atoms with E-state index >= 15 is 0 Å². The molecule has 3 amide bonds. The smallest absolute Gasteiger partial charge is 0.416 e. The Kier molecular flexibility index (Phi) is 13.5. The van der Waals surface area contributed by atoms with Gasteiger partial charge in [0.15, 0.2) is 0 Å². The molecule has 278 valence electrons. The van der Waals surface area contributed by atoms with Gasteiger partial charge < -0.3 is 30.1 Å². The second kappa shape index (κ2) is 17.4. The molecular weight excluding hydrogens is 689 g/mol. The number of urea groups is 1. The van der Waals surface area contributed by atoms with Crippen LogP contribution in [0, 0.1) is 5.92 Å². The minimum atomic E-state index is -4.52. The van der Waals surface area contributed by atoms with Gasteiger partial charge in [-0.25, -0.2) is 13.2 Å². The van der Waals surface area contributed by atoms with Crippen molar-refractivity contribution in [3.8, 4) is 5.75 Å². The summed E-state index contributed by atoms with van der Waals surface area (Å²) < 4.78 is 79.3. The molecule has 15 heteroatoms. The quantitative estimate of drug-likeness (QED) is 0.242. The van der Waals surface area contributed by atoms with Crippen molar-refractivity contribution in [2.75, 3.05) is 44.0 Å². The molecule has 1 heterocycles. The maximum Gasteiger partial charge on any atom is 0.416 e. The molecule has 0 radical (unpaired) electrons. The summed E-state index contributed by atoms with van der Waals surface area (Å²) in [6, 6.07) is 15.2. The number of nitrogens with zero attached hydrogens (tertiary/aromatic N) is 2. The van der Waals surface area contributed by atoms with Gasteiger partial charge in [0.1, 0.15) is 5.75 Å². The van der Waals surface area contributed by atoms with Crippen LogP contribution in [0.25, 0.3) is 0 Å². The number of benzene rings is 3. The number of alkyl halides is 3. The van der Waals surface area contributed by atoms with E-state index in [-0.39, 0.29) is 53.4 Å². The van der Waals surface area contributed by atoms with Crippen molar-refractivity contribution in [3.05, 3.63) is 83.9 Å². The molecule has 3 aromatic carbocycles. The number of nitrogens with one attached hydrogen (secondary N) is 2. The number of likely N-dealkylation sites (N-methyl/N-ethyl adjacent to an activating group) is 1. The summed E-state index contributed by atoms with van der Waals surface area (Å²) >= 11 is 0. The van der Waals surface area contributed by atoms with Crippen molar-refractivity contribution < 1.29 is 45.8 Å². The van der Waals surface area contributed by atoms with Gasteiger partial charge in [-0.3, -0.25) is 4.79 Å². The van der Waals surface area contributed by atoms with Crippen LogP contribution in [-0.2, 0) is 20.9 Å². The summed E-state index contributed by atoms with van der Waals surface area (Å²) in [5.41, 5.74) is -0.407. The highest BCUT2D eigenvalue weighted by Crippen LogP contribution is 2.31. The Balaban J connectivity index is 1.60. The maximum absolute atomic E-state index is 14.3. The van der Waals surface area contributed by atoms with Crippen LogP contribution in [0.1, 0.15) is 56.0 Å². The van der Waals surface area contributed by atoms with Crippen LogP contribution in [0.5, 0.6) is 5.75 Å². The number of carbonyl (C=O) groups is 2. The van der Waals surface area contributed by atoms with E-state index in [4.69, 9.17) is 9.47 Å². The van der Waals surface area contributed by atoms with Crippen molar-refractivity contribution in [3.63, 3.8) is 0 Å². The van der Waals surface area contributed by atoms with Crippen molar-refractivity contribution in [1.82, 2.24) is 9.21 Å². The first-order valence-electron chi connectivity index (χ1n) is 16.7. The molecule has 3 N–H and O–H groups in total. The standard InChI is InChI=1S/C36H45F3N4O7S/c1-24-21-43(25(2)23-44)34(45)31-20-29(41-35(46)40-28-15-13-27(14-16-28)36(37,38)39)17-18-32(31)50-26(3)10-8-9-19-49-33(24)22-42(4)51(47,48)30-11-6-5-7-12-30/h5-7,11-18,20,24-26,33,44H,8-10,19,21-23H2,1-4H3,(H2,40,41,46)/t24-,25-,26-,33-/m1/s1. The third-order valence-corrected chi connectivity index (χ3v) is 10.5. The number of anilines is 2. The number of aliphatic hydroxyl groups excluding tert-OH is 1. The van der Waals surface area contributed by atoms with Crippen molar-refractivity contribution in [1.29, 1.82) is 0 Å². The Morgan fingerprint density at radius 3 is 2.31 bits per heavy atom. The minimum absolute atomic E-state index is 0.0200. The van der Waals surface area contributed by atoms with E-state index in [0.29, 0.717) is 19.4 Å². The molecule has 0 bridgehead atoms. The number of sulfonamides is 1. The van der Waals surface area contributed by atoms with E-state index in [1.165, 1.54) is 34.5 Å². The number of hydrogen-bond acceptors (Lipinski definition) is 7. The normalized spacial score (nSPS) is 20.1. The van der Waals surface area contributed by atoms with Gasteiger partial charge in [-0.15, -0.1) is 0 Å². The molecule has 0 aliphatic carbocycles. The molecule has 0 saturated heterocycles. The number of halogens is 3. The van der Waals surface area contributed by atoms with Crippen LogP contribution in [0.2, 0.25) is 0 Å². The molecular formula is C36H45F3N4O7S. The Bertz CT molecular complexity index is 1730. The lowest BCUT2D eigenvalue weighted by atomic mass is 10.0. The number of fused-ring (bicyclic) bond motifs is 1. The van der Waals surface area contributed by atoms with E-state index in [1.54, 1.807) is 37.3 Å². The number of aliphatic hydroxyl groups is 1. The second-order valence-corrected chi connectivity index (χ2v) is 14.8. The Hall–Kier alpha value is -4.18. The van der Waals surface area contributed by atoms with E-state index < -0.39 is 51.8 Å². The number of ether oxygens (including phenoxy) is 2. The molecule has 0 fully saturated rings. The fraction of sp³-hybridized carbons (Fsp3) is 0.444. The minimum Gasteiger partial charge on any atom is -0.490 e. The highest BCUT2D eigenvalue weighted by atomic mass is 32.2. The van der Waals surface area contributed by atoms with Crippen LogP contribution >= 0.6 is 0 Å². The molecule has 0 aromatic heterocycles. The SMILES string of the molecule is C[C@@H]1CCCCO[C@H](CN(C)S(=O)(=O)c2ccccc2)[C@H](C)CN([C@H](C)CO)C(=O)c2cc(NC(=O)Nc3ccc(C(F)(F)F)cc3)ccc2O1. The lowest BCUT2D eigenvalue weighted by Crippen LogP contribution is -2.48. The lowest BCUT2D eigenvalue weighted by molar-refractivity contribution is -0.137. The molecule has 0 saturated carbocycles. The molecule has 0 unspecified atom stereocenters. The maximum atomic E-state index is 14.3. The van der Waals surface area contributed by atoms with E-state index in [9.17, 15) is 36.3 Å². The summed E-state index contributed by atoms with van der Waals surface area (Å²) in [5, 5.41) is 15.3. The third kappa shape index (κ3) is 10.7. The van der Waals surface area contributed by atoms with Crippen LogP contribution in [-0.4, -0.2) is 86.3 Å². The van der Waals surface area contributed by atoms with Gasteiger partial charge in [0.25, 0.3) is 5.91 Å². The zero-order chi connectivity index (χ0) is 37.3. The average molecular weight is 735 g/mol. The van der Waals surface area contributed by atoms with E-state index in [0.717, 1.165) is 30.7 Å². The van der Waals surface area contributed by atoms with E-state index in [1.807, 2.05) is 13.8 Å². The second-order valence-electron chi connectivity index (χ2n) is 12.8. The fourth-order valence-electron chi connectivity index (χ4n) is 5.62. The van der Waals surface area contributed by atoms with Gasteiger partial charge in [-0.05, 0) is 87.7 Å². The highest BCUT2D eigenvalue weighted by molar-refractivity contribution is 7.89. The zero-order valence-electron chi connectivity index (χ0n) is 29.0. The Morgan fingerprint density at radius 2 is 1.67 bits per heavy atom. The summed E-state index contributed by atoms with van der Waals surface area (Å²) in [6.07, 6.45) is -3.37. The summed E-state index contributed by atoms with van der Waals surface area (Å²) in [7, 11) is -2.34. The summed E-state index contributed by atoms with van der Waals surface area (Å²) in [4.78, 5) is 28.8. The van der Waals surface area contributed by atoms with Gasteiger partial charge in [-0.2, -0.15) is 17.5 Å². The van der Waals surface area contributed by atoms with Gasteiger partial charge in [0.05, 0.1) is 40.9 Å². The third-order valence-electron chi connectivity index (χ3n) is 8.67. The van der Waals surface area contributed by atoms with E-state index in [2.05, 4.69) is 10.6 Å². The van der Waals surface area contributed by atoms with Gasteiger partial charge in [0, 0.05) is 44.0 Å². The molecule has 3 aromatic rings. The van der Waals surface area contributed by atoms with Crippen molar-refractivity contribution >= 4 is 33.3 Å². The molecule has 1 aliphatic heterocycles. The predicted octanol–water partition coefficient (Wildman–Crippen LogP) is 6.47. The molecule has 4 rings (SSSR count). The number of carbonyl (C=O) groups excluding carboxylic acids is 2. The first-order chi connectivity index (χ1) is 24.1. The molecule has 11 nitrogen and oxygen atoms in total. The number of hydrogen-bond donors (Lipinski definition) is 3. The predicted molar refractivity (Wildman–Crippen MR) is 187 cm³/mol. The number of amides is 3. The molecule has 0 spiro atoms. The van der Waals surface area contributed by atoms with Crippen molar-refractivity contribution in [2.45, 2.75) is 69.4 Å². The highest BCUT2D eigenvalue weighted by Gasteiger charge is 2.33. The molecule has 1 aliphatic rings. The van der Waals surface area contributed by atoms with Crippen LogP contribution in [0.4, 0.5) is 29.3 Å². The van der Waals surface area contributed by atoms with Crippen molar-refractivity contribution in [2.24, 2.45) is 5.92 Å². The molecule has 51 heavy (non-hydrogen) atoms. The van der Waals surface area contributed by atoms with Crippen LogP contribution < -0.4 is 15.4 Å². The first kappa shape index (κ1) is 39.6. The summed E-state index contributed by atoms with van der Waals surface area (Å²) in [5.74, 6) is -0.626. The summed E-state index contributed by atoms with van der Waals surface area (Å²) in [6.45, 7) is 5.51. The topological polar surface area (TPSA) is 138 Å². The zero-order valence-corrected chi connectivity index (χ0v) is 29.8. The lowest BCUT2D eigenvalue weighted by Gasteiger charge is -2.35.